The number of hydrogen-bond donors (Lipinski definition) is 1. The Balaban J connectivity index is 1.28. The minimum absolute atomic E-state index is 0.0958. The molecule has 10 heteroatoms. The standard InChI is InChI=1S/C22H26N6O3S/c1-32(30,31)22-24-13-19-21(25-22)28(27-26-19)18-4-2-3-16(10-18)12-23-20(29)11-17-8-14-5-6-15(7-14)9-17/h2-4,10,13-15,17H,5-9,11-12H2,1H3,(H,23,29). The molecule has 168 valence electrons. The lowest BCUT2D eigenvalue weighted by Crippen LogP contribution is -2.27. The molecule has 1 aromatic carbocycles. The van der Waals surface area contributed by atoms with E-state index in [1.165, 1.54) is 43.0 Å². The third-order valence-electron chi connectivity index (χ3n) is 6.60. The van der Waals surface area contributed by atoms with E-state index in [-0.39, 0.29) is 11.1 Å². The molecule has 1 N–H and O–H groups in total. The van der Waals surface area contributed by atoms with Gasteiger partial charge in [-0.25, -0.2) is 13.4 Å². The summed E-state index contributed by atoms with van der Waals surface area (Å²) < 4.78 is 25.1. The van der Waals surface area contributed by atoms with Crippen molar-refractivity contribution in [3.63, 3.8) is 0 Å². The summed E-state index contributed by atoms with van der Waals surface area (Å²) in [6.45, 7) is 0.419. The van der Waals surface area contributed by atoms with Crippen LogP contribution in [0.2, 0.25) is 0 Å². The number of nitrogens with one attached hydrogen (secondary N) is 1. The third-order valence-corrected chi connectivity index (χ3v) is 7.46. The van der Waals surface area contributed by atoms with E-state index in [0.29, 0.717) is 35.7 Å². The number of benzene rings is 1. The maximum Gasteiger partial charge on any atom is 0.248 e. The highest BCUT2D eigenvalue weighted by Gasteiger charge is 2.34. The van der Waals surface area contributed by atoms with E-state index in [1.54, 1.807) is 0 Å². The molecule has 2 fully saturated rings. The molecule has 2 aromatic heterocycles. The molecular weight excluding hydrogens is 428 g/mol. The lowest BCUT2D eigenvalue weighted by molar-refractivity contribution is -0.122. The van der Waals surface area contributed by atoms with Crippen molar-refractivity contribution in [2.75, 3.05) is 6.26 Å². The fraction of sp³-hybridized carbons (Fsp3) is 0.500. The zero-order valence-electron chi connectivity index (χ0n) is 17.9. The molecule has 2 heterocycles. The topological polar surface area (TPSA) is 120 Å². The van der Waals surface area contributed by atoms with Crippen LogP contribution in [0.25, 0.3) is 16.9 Å². The van der Waals surface area contributed by atoms with Gasteiger partial charge in [-0.2, -0.15) is 9.67 Å². The fourth-order valence-electron chi connectivity index (χ4n) is 5.21. The normalized spacial score (nSPS) is 22.8. The predicted octanol–water partition coefficient (Wildman–Crippen LogP) is 2.45. The molecule has 1 amide bonds. The molecule has 2 aliphatic rings. The molecule has 9 nitrogen and oxygen atoms in total. The monoisotopic (exact) mass is 454 g/mol. The highest BCUT2D eigenvalue weighted by atomic mass is 32.2. The van der Waals surface area contributed by atoms with Crippen LogP contribution < -0.4 is 5.32 Å². The molecule has 2 atom stereocenters. The van der Waals surface area contributed by atoms with Crippen LogP contribution in [-0.2, 0) is 21.2 Å². The molecule has 2 bridgehead atoms. The Morgan fingerprint density at radius 2 is 1.97 bits per heavy atom. The Kier molecular flexibility index (Phi) is 5.40. The smallest absolute Gasteiger partial charge is 0.248 e. The van der Waals surface area contributed by atoms with Gasteiger partial charge < -0.3 is 5.32 Å². The summed E-state index contributed by atoms with van der Waals surface area (Å²) in [5.74, 6) is 2.26. The van der Waals surface area contributed by atoms with Crippen molar-refractivity contribution >= 4 is 26.9 Å². The van der Waals surface area contributed by atoms with Crippen LogP contribution in [0.3, 0.4) is 0 Å². The van der Waals surface area contributed by atoms with Crippen LogP contribution in [-0.4, -0.2) is 45.5 Å². The van der Waals surface area contributed by atoms with E-state index in [9.17, 15) is 13.2 Å². The molecule has 32 heavy (non-hydrogen) atoms. The average molecular weight is 455 g/mol. The van der Waals surface area contributed by atoms with Gasteiger partial charge in [-0.05, 0) is 54.7 Å². The number of carbonyl (C=O) groups is 1. The van der Waals surface area contributed by atoms with Gasteiger partial charge >= 0.3 is 0 Å². The summed E-state index contributed by atoms with van der Waals surface area (Å²) in [4.78, 5) is 20.5. The van der Waals surface area contributed by atoms with Crippen molar-refractivity contribution in [1.29, 1.82) is 0 Å². The summed E-state index contributed by atoms with van der Waals surface area (Å²) >= 11 is 0. The molecule has 0 aliphatic heterocycles. The summed E-state index contributed by atoms with van der Waals surface area (Å²) in [7, 11) is -3.55. The molecule has 3 aromatic rings. The fourth-order valence-corrected chi connectivity index (χ4v) is 5.71. The number of amides is 1. The zero-order chi connectivity index (χ0) is 22.3. The number of nitrogens with zero attached hydrogens (tertiary/aromatic N) is 5. The van der Waals surface area contributed by atoms with Crippen molar-refractivity contribution in [2.24, 2.45) is 17.8 Å². The zero-order valence-corrected chi connectivity index (χ0v) is 18.8. The molecule has 2 saturated carbocycles. The minimum atomic E-state index is -3.55. The summed E-state index contributed by atoms with van der Waals surface area (Å²) in [5.41, 5.74) is 2.31. The summed E-state index contributed by atoms with van der Waals surface area (Å²) in [6.07, 6.45) is 9.43. The second kappa shape index (κ2) is 8.23. The molecule has 2 aliphatic carbocycles. The second-order valence-corrected chi connectivity index (χ2v) is 11.1. The molecule has 5 rings (SSSR count). The van der Waals surface area contributed by atoms with Crippen molar-refractivity contribution in [3.05, 3.63) is 36.0 Å². The van der Waals surface area contributed by atoms with Crippen molar-refractivity contribution < 1.29 is 13.2 Å². The molecule has 0 saturated heterocycles. The molecule has 0 radical (unpaired) electrons. The van der Waals surface area contributed by atoms with E-state index >= 15 is 0 Å². The molecule has 0 spiro atoms. The second-order valence-electron chi connectivity index (χ2n) is 9.17. The van der Waals surface area contributed by atoms with Gasteiger partial charge in [0.2, 0.25) is 20.9 Å². The number of hydrogen-bond acceptors (Lipinski definition) is 7. The van der Waals surface area contributed by atoms with Crippen LogP contribution in [0.15, 0.2) is 35.6 Å². The first-order valence-corrected chi connectivity index (χ1v) is 12.9. The van der Waals surface area contributed by atoms with Gasteiger partial charge in [-0.1, -0.05) is 30.2 Å². The third kappa shape index (κ3) is 4.36. The van der Waals surface area contributed by atoms with Gasteiger partial charge in [-0.15, -0.1) is 5.10 Å². The Labute approximate surface area is 186 Å². The van der Waals surface area contributed by atoms with Crippen LogP contribution in [0, 0.1) is 17.8 Å². The molecular formula is C22H26N6O3S. The predicted molar refractivity (Wildman–Crippen MR) is 118 cm³/mol. The lowest BCUT2D eigenvalue weighted by Gasteiger charge is -2.27. The lowest BCUT2D eigenvalue weighted by atomic mass is 9.79. The van der Waals surface area contributed by atoms with Crippen LogP contribution in [0.1, 0.15) is 44.1 Å². The highest BCUT2D eigenvalue weighted by molar-refractivity contribution is 7.90. The largest absolute Gasteiger partial charge is 0.352 e. The average Bonchev–Trinajstić information content (AvgIpc) is 3.34. The van der Waals surface area contributed by atoms with Crippen molar-refractivity contribution in [1.82, 2.24) is 30.3 Å². The van der Waals surface area contributed by atoms with Gasteiger partial charge in [-0.3, -0.25) is 4.79 Å². The number of sulfone groups is 1. The van der Waals surface area contributed by atoms with E-state index in [2.05, 4.69) is 25.6 Å². The van der Waals surface area contributed by atoms with Gasteiger partial charge in [0.25, 0.3) is 0 Å². The van der Waals surface area contributed by atoms with Gasteiger partial charge in [0.05, 0.1) is 11.9 Å². The Hall–Kier alpha value is -2.88. The van der Waals surface area contributed by atoms with Crippen LogP contribution >= 0.6 is 0 Å². The SMILES string of the molecule is CS(=O)(=O)c1ncc2nnn(-c3cccc(CNC(=O)CC4CC5CCC(C5)C4)c3)c2n1. The Bertz CT molecular complexity index is 1260. The maximum atomic E-state index is 12.5. The van der Waals surface area contributed by atoms with Crippen LogP contribution in [0.4, 0.5) is 0 Å². The van der Waals surface area contributed by atoms with Crippen molar-refractivity contribution in [2.45, 2.75) is 50.2 Å². The van der Waals surface area contributed by atoms with Gasteiger partial charge in [0.1, 0.15) is 0 Å². The number of fused-ring (bicyclic) bond motifs is 3. The Morgan fingerprint density at radius 3 is 2.72 bits per heavy atom. The first-order valence-electron chi connectivity index (χ1n) is 11.0. The number of aromatic nitrogens is 5. The number of carbonyl (C=O) groups excluding carboxylic acids is 1. The van der Waals surface area contributed by atoms with Crippen LogP contribution in [0.5, 0.6) is 0 Å². The quantitative estimate of drug-likeness (QED) is 0.568. The van der Waals surface area contributed by atoms with Gasteiger partial charge in [0, 0.05) is 19.2 Å². The van der Waals surface area contributed by atoms with Crippen molar-refractivity contribution in [3.8, 4) is 5.69 Å². The van der Waals surface area contributed by atoms with E-state index in [0.717, 1.165) is 23.7 Å². The summed E-state index contributed by atoms with van der Waals surface area (Å²) in [5, 5.41) is 10.9. The van der Waals surface area contributed by atoms with E-state index < -0.39 is 9.84 Å². The maximum absolute atomic E-state index is 12.5. The number of rotatable bonds is 6. The Morgan fingerprint density at radius 1 is 1.19 bits per heavy atom. The highest BCUT2D eigenvalue weighted by Crippen LogP contribution is 2.45. The van der Waals surface area contributed by atoms with Gasteiger partial charge in [0.15, 0.2) is 11.2 Å². The first kappa shape index (κ1) is 21.0. The van der Waals surface area contributed by atoms with E-state index in [1.807, 2.05) is 24.3 Å². The molecule has 2 unspecified atom stereocenters. The summed E-state index contributed by atoms with van der Waals surface area (Å²) in [6, 6.07) is 7.51. The minimum Gasteiger partial charge on any atom is -0.352 e. The van der Waals surface area contributed by atoms with E-state index in [4.69, 9.17) is 0 Å². The first-order chi connectivity index (χ1) is 15.3.